The van der Waals surface area contributed by atoms with Crippen molar-refractivity contribution >= 4 is 32.4 Å². The van der Waals surface area contributed by atoms with E-state index in [4.69, 9.17) is 16.2 Å². The summed E-state index contributed by atoms with van der Waals surface area (Å²) in [6.45, 7) is 0. The van der Waals surface area contributed by atoms with Gasteiger partial charge in [0.25, 0.3) is 0 Å². The topological polar surface area (TPSA) is 74.2 Å². The summed E-state index contributed by atoms with van der Waals surface area (Å²) in [5.41, 5.74) is 12.7. The number of aromatic nitrogens is 1. The van der Waals surface area contributed by atoms with E-state index < -0.39 is 0 Å². The zero-order valence-corrected chi connectivity index (χ0v) is 7.89. The molecule has 0 radical (unpaired) electrons. The molecule has 4 nitrogen and oxygen atoms in total. The summed E-state index contributed by atoms with van der Waals surface area (Å²) in [5.74, 6) is 0.669. The lowest BCUT2D eigenvalue weighted by atomic mass is 10.3. The van der Waals surface area contributed by atoms with Crippen LogP contribution in [-0.4, -0.2) is 12.1 Å². The Hall–Kier alpha value is -1.49. The van der Waals surface area contributed by atoms with Gasteiger partial charge in [0.2, 0.25) is 0 Å². The fourth-order valence-electron chi connectivity index (χ4n) is 1.19. The summed E-state index contributed by atoms with van der Waals surface area (Å²) < 4.78 is 6.08. The Kier molecular flexibility index (Phi) is 1.73. The number of rotatable bonds is 1. The molecule has 0 unspecified atom stereocenters. The number of methoxy groups -OCH3 is 1. The summed E-state index contributed by atoms with van der Waals surface area (Å²) in [6.07, 6.45) is 0. The largest absolute Gasteiger partial charge is 0.494 e. The molecule has 0 spiro atoms. The number of thiazole rings is 1. The van der Waals surface area contributed by atoms with E-state index in [0.717, 1.165) is 10.2 Å². The number of nitrogens with zero attached hydrogens (tertiary/aromatic N) is 1. The maximum absolute atomic E-state index is 5.67. The number of nitrogens with two attached hydrogens (primary N) is 2. The van der Waals surface area contributed by atoms with Crippen molar-refractivity contribution in [3.05, 3.63) is 12.1 Å². The average molecular weight is 195 g/mol. The van der Waals surface area contributed by atoms with Gasteiger partial charge in [0.15, 0.2) is 5.13 Å². The highest BCUT2D eigenvalue weighted by Crippen LogP contribution is 2.33. The highest BCUT2D eigenvalue weighted by molar-refractivity contribution is 7.22. The first-order chi connectivity index (χ1) is 6.20. The molecule has 0 atom stereocenters. The molecule has 0 amide bonds. The van der Waals surface area contributed by atoms with Crippen molar-refractivity contribution in [2.45, 2.75) is 0 Å². The zero-order valence-electron chi connectivity index (χ0n) is 7.07. The third-order valence-corrected chi connectivity index (χ3v) is 2.55. The monoisotopic (exact) mass is 195 g/mol. The molecule has 0 aliphatic carbocycles. The van der Waals surface area contributed by atoms with E-state index in [1.165, 1.54) is 11.3 Å². The van der Waals surface area contributed by atoms with Crippen LogP contribution in [0.5, 0.6) is 5.75 Å². The molecule has 13 heavy (non-hydrogen) atoms. The molecule has 68 valence electrons. The molecule has 1 aromatic heterocycles. The molecule has 0 fully saturated rings. The van der Waals surface area contributed by atoms with Crippen LogP contribution in [0.15, 0.2) is 12.1 Å². The Balaban J connectivity index is 2.80. The molecule has 1 heterocycles. The molecular formula is C8H9N3OS. The molecule has 0 saturated carbocycles. The Morgan fingerprint density at radius 2 is 2.15 bits per heavy atom. The van der Waals surface area contributed by atoms with Crippen LogP contribution < -0.4 is 16.2 Å². The molecule has 2 aromatic rings. The average Bonchev–Trinajstić information content (AvgIpc) is 2.43. The van der Waals surface area contributed by atoms with Crippen molar-refractivity contribution in [1.82, 2.24) is 4.98 Å². The van der Waals surface area contributed by atoms with Crippen molar-refractivity contribution in [1.29, 1.82) is 0 Å². The first-order valence-corrected chi connectivity index (χ1v) is 4.52. The Morgan fingerprint density at radius 1 is 1.38 bits per heavy atom. The van der Waals surface area contributed by atoms with Gasteiger partial charge in [-0.05, 0) is 6.07 Å². The summed E-state index contributed by atoms with van der Waals surface area (Å²) in [6, 6.07) is 3.58. The Bertz CT molecular complexity index is 452. The number of fused-ring (bicyclic) bond motifs is 1. The first kappa shape index (κ1) is 8.12. The zero-order chi connectivity index (χ0) is 9.42. The molecular weight excluding hydrogens is 186 g/mol. The van der Waals surface area contributed by atoms with Gasteiger partial charge in [0.1, 0.15) is 11.3 Å². The summed E-state index contributed by atoms with van der Waals surface area (Å²) in [4.78, 5) is 4.14. The van der Waals surface area contributed by atoms with Crippen LogP contribution in [0.1, 0.15) is 0 Å². The van der Waals surface area contributed by atoms with Crippen LogP contribution in [0, 0.1) is 0 Å². The second kappa shape index (κ2) is 2.77. The number of benzene rings is 1. The standard InChI is InChI=1S/C8H9N3OS/c1-12-5-2-4(9)3-6-7(5)11-8(10)13-6/h2-3H,9H2,1H3,(H2,10,11). The lowest BCUT2D eigenvalue weighted by molar-refractivity contribution is 0.419. The molecule has 1 aromatic carbocycles. The van der Waals surface area contributed by atoms with Crippen molar-refractivity contribution in [2.75, 3.05) is 18.6 Å². The number of anilines is 2. The molecule has 0 aliphatic rings. The third kappa shape index (κ3) is 1.27. The van der Waals surface area contributed by atoms with Gasteiger partial charge in [0.05, 0.1) is 11.8 Å². The lowest BCUT2D eigenvalue weighted by Crippen LogP contribution is -1.89. The quantitative estimate of drug-likeness (QED) is 0.676. The minimum Gasteiger partial charge on any atom is -0.494 e. The van der Waals surface area contributed by atoms with E-state index in [9.17, 15) is 0 Å². The van der Waals surface area contributed by atoms with E-state index in [-0.39, 0.29) is 0 Å². The van der Waals surface area contributed by atoms with Crippen LogP contribution >= 0.6 is 11.3 Å². The molecule has 0 aliphatic heterocycles. The van der Waals surface area contributed by atoms with Crippen LogP contribution in [0.4, 0.5) is 10.8 Å². The second-order valence-electron chi connectivity index (χ2n) is 2.62. The number of ether oxygens (including phenoxy) is 1. The van der Waals surface area contributed by atoms with E-state index in [2.05, 4.69) is 4.98 Å². The Labute approximate surface area is 79.1 Å². The van der Waals surface area contributed by atoms with E-state index in [1.807, 2.05) is 6.07 Å². The molecule has 0 bridgehead atoms. The smallest absolute Gasteiger partial charge is 0.181 e. The van der Waals surface area contributed by atoms with E-state index in [0.29, 0.717) is 16.6 Å². The van der Waals surface area contributed by atoms with Gasteiger partial charge in [-0.15, -0.1) is 0 Å². The predicted octanol–water partition coefficient (Wildman–Crippen LogP) is 1.47. The van der Waals surface area contributed by atoms with Gasteiger partial charge in [-0.3, -0.25) is 0 Å². The fraction of sp³-hybridized carbons (Fsp3) is 0.125. The molecule has 5 heteroatoms. The van der Waals surface area contributed by atoms with Crippen molar-refractivity contribution in [3.63, 3.8) is 0 Å². The summed E-state index contributed by atoms with van der Waals surface area (Å²) in [7, 11) is 1.59. The van der Waals surface area contributed by atoms with Crippen LogP contribution in [0.25, 0.3) is 10.2 Å². The Morgan fingerprint density at radius 3 is 2.85 bits per heavy atom. The summed E-state index contributed by atoms with van der Waals surface area (Å²) in [5, 5.41) is 0.527. The lowest BCUT2D eigenvalue weighted by Gasteiger charge is -2.01. The van der Waals surface area contributed by atoms with Gasteiger partial charge in [-0.25, -0.2) is 4.98 Å². The van der Waals surface area contributed by atoms with Gasteiger partial charge in [0, 0.05) is 11.8 Å². The highest BCUT2D eigenvalue weighted by atomic mass is 32.1. The highest BCUT2D eigenvalue weighted by Gasteiger charge is 2.07. The number of hydrogen-bond acceptors (Lipinski definition) is 5. The number of hydrogen-bond donors (Lipinski definition) is 2. The van der Waals surface area contributed by atoms with Crippen LogP contribution in [-0.2, 0) is 0 Å². The van der Waals surface area contributed by atoms with Crippen molar-refractivity contribution in [2.24, 2.45) is 0 Å². The van der Waals surface area contributed by atoms with Crippen molar-refractivity contribution < 1.29 is 4.74 Å². The predicted molar refractivity (Wildman–Crippen MR) is 55.0 cm³/mol. The molecule has 4 N–H and O–H groups in total. The minimum atomic E-state index is 0.527. The summed E-state index contributed by atoms with van der Waals surface area (Å²) >= 11 is 1.40. The third-order valence-electron chi connectivity index (χ3n) is 1.72. The van der Waals surface area contributed by atoms with Crippen LogP contribution in [0.3, 0.4) is 0 Å². The van der Waals surface area contributed by atoms with Gasteiger partial charge < -0.3 is 16.2 Å². The van der Waals surface area contributed by atoms with Gasteiger partial charge in [-0.1, -0.05) is 11.3 Å². The van der Waals surface area contributed by atoms with Crippen LogP contribution in [0.2, 0.25) is 0 Å². The normalized spacial score (nSPS) is 10.5. The molecule has 0 saturated heterocycles. The van der Waals surface area contributed by atoms with Gasteiger partial charge in [-0.2, -0.15) is 0 Å². The molecule has 2 rings (SSSR count). The maximum atomic E-state index is 5.67. The minimum absolute atomic E-state index is 0.527. The van der Waals surface area contributed by atoms with Crippen molar-refractivity contribution in [3.8, 4) is 5.75 Å². The SMILES string of the molecule is COc1cc(N)cc2sc(N)nc12. The van der Waals surface area contributed by atoms with Gasteiger partial charge >= 0.3 is 0 Å². The van der Waals surface area contributed by atoms with E-state index in [1.54, 1.807) is 13.2 Å². The number of nitrogen functional groups attached to an aromatic ring is 2. The van der Waals surface area contributed by atoms with E-state index >= 15 is 0 Å². The maximum Gasteiger partial charge on any atom is 0.181 e. The first-order valence-electron chi connectivity index (χ1n) is 3.70. The fourth-order valence-corrected chi connectivity index (χ4v) is 1.99. The second-order valence-corrected chi connectivity index (χ2v) is 3.68.